The minimum Gasteiger partial charge on any atom is -0.383 e. The summed E-state index contributed by atoms with van der Waals surface area (Å²) < 4.78 is 6.00. The fourth-order valence-corrected chi connectivity index (χ4v) is 3.09. The summed E-state index contributed by atoms with van der Waals surface area (Å²) in [5.41, 5.74) is 0.387. The zero-order valence-corrected chi connectivity index (χ0v) is 14.9. The third-order valence-electron chi connectivity index (χ3n) is 3.51. The minimum absolute atomic E-state index is 0. The molecule has 1 aromatic rings. The van der Waals surface area contributed by atoms with Crippen molar-refractivity contribution >= 4 is 45.8 Å². The Morgan fingerprint density at radius 2 is 2.33 bits per heavy atom. The van der Waals surface area contributed by atoms with Crippen molar-refractivity contribution in [2.75, 3.05) is 26.8 Å². The van der Waals surface area contributed by atoms with E-state index in [4.69, 9.17) is 16.3 Å². The lowest BCUT2D eigenvalue weighted by atomic mass is 9.98. The van der Waals surface area contributed by atoms with Gasteiger partial charge in [-0.3, -0.25) is 4.79 Å². The van der Waals surface area contributed by atoms with Crippen LogP contribution in [0.25, 0.3) is 0 Å². The van der Waals surface area contributed by atoms with Crippen LogP contribution >= 0.6 is 39.9 Å². The van der Waals surface area contributed by atoms with Gasteiger partial charge in [-0.15, -0.1) is 12.4 Å². The normalized spacial score (nSPS) is 20.9. The maximum absolute atomic E-state index is 12.3. The number of nitrogens with one attached hydrogen (secondary N) is 2. The summed E-state index contributed by atoms with van der Waals surface area (Å²) in [6.45, 7) is 2.09. The first-order valence-electron chi connectivity index (χ1n) is 6.53. The Morgan fingerprint density at radius 1 is 1.57 bits per heavy atom. The van der Waals surface area contributed by atoms with E-state index in [1.165, 1.54) is 0 Å². The Balaban J connectivity index is 0.00000220. The summed E-state index contributed by atoms with van der Waals surface area (Å²) in [6.07, 6.45) is 2.10. The number of benzene rings is 1. The van der Waals surface area contributed by atoms with E-state index in [1.807, 2.05) is 0 Å². The Hall–Kier alpha value is -0.330. The first-order chi connectivity index (χ1) is 9.56. The number of carbonyl (C=O) groups is 1. The maximum atomic E-state index is 12.3. The van der Waals surface area contributed by atoms with Crippen molar-refractivity contribution in [2.45, 2.75) is 18.4 Å². The third kappa shape index (κ3) is 4.83. The lowest BCUT2D eigenvalue weighted by Crippen LogP contribution is -2.53. The fraction of sp³-hybridized carbons (Fsp3) is 0.500. The molecule has 1 atom stereocenters. The lowest BCUT2D eigenvalue weighted by molar-refractivity contribution is 0.0891. The van der Waals surface area contributed by atoms with Gasteiger partial charge in [0.1, 0.15) is 0 Å². The van der Waals surface area contributed by atoms with Crippen LogP contribution in [-0.4, -0.2) is 38.3 Å². The number of carbonyl (C=O) groups excluding carboxylic acids is 1. The zero-order valence-electron chi connectivity index (χ0n) is 11.7. The van der Waals surface area contributed by atoms with E-state index in [1.54, 1.807) is 25.3 Å². The van der Waals surface area contributed by atoms with Crippen molar-refractivity contribution in [1.29, 1.82) is 0 Å². The number of ether oxygens (including phenoxy) is 1. The summed E-state index contributed by atoms with van der Waals surface area (Å²) >= 11 is 9.30. The molecule has 1 saturated heterocycles. The average Bonchev–Trinajstić information content (AvgIpc) is 2.88. The number of hydrogen-bond donors (Lipinski definition) is 2. The van der Waals surface area contributed by atoms with Gasteiger partial charge in [-0.05, 0) is 53.5 Å². The molecule has 2 N–H and O–H groups in total. The Labute approximate surface area is 144 Å². The van der Waals surface area contributed by atoms with Crippen molar-refractivity contribution in [2.24, 2.45) is 0 Å². The van der Waals surface area contributed by atoms with Gasteiger partial charge in [-0.1, -0.05) is 11.6 Å². The smallest absolute Gasteiger partial charge is 0.252 e. The van der Waals surface area contributed by atoms with Crippen molar-refractivity contribution in [3.05, 3.63) is 33.3 Å². The molecule has 0 radical (unpaired) electrons. The molecular formula is C14H19BrCl2N2O2. The Kier molecular flexibility index (Phi) is 7.44. The molecule has 1 fully saturated rings. The quantitative estimate of drug-likeness (QED) is 0.802. The van der Waals surface area contributed by atoms with E-state index >= 15 is 0 Å². The second kappa shape index (κ2) is 8.34. The molecule has 0 aromatic heterocycles. The highest BCUT2D eigenvalue weighted by atomic mass is 79.9. The van der Waals surface area contributed by atoms with E-state index in [-0.39, 0.29) is 23.9 Å². The number of methoxy groups -OCH3 is 1. The molecule has 0 spiro atoms. The monoisotopic (exact) mass is 396 g/mol. The summed E-state index contributed by atoms with van der Waals surface area (Å²) in [7, 11) is 1.68. The molecule has 1 amide bonds. The van der Waals surface area contributed by atoms with E-state index in [9.17, 15) is 4.79 Å². The maximum Gasteiger partial charge on any atom is 0.252 e. The zero-order chi connectivity index (χ0) is 14.6. The summed E-state index contributed by atoms with van der Waals surface area (Å²) in [6, 6.07) is 5.18. The van der Waals surface area contributed by atoms with Gasteiger partial charge in [0.25, 0.3) is 5.91 Å². The molecular weight excluding hydrogens is 379 g/mol. The van der Waals surface area contributed by atoms with E-state index in [2.05, 4.69) is 26.6 Å². The number of halogens is 3. The molecule has 1 aliphatic rings. The van der Waals surface area contributed by atoms with Gasteiger partial charge in [-0.2, -0.15) is 0 Å². The molecule has 1 heterocycles. The van der Waals surface area contributed by atoms with Crippen LogP contribution in [-0.2, 0) is 4.74 Å². The van der Waals surface area contributed by atoms with Crippen molar-refractivity contribution in [3.63, 3.8) is 0 Å². The molecule has 4 nitrogen and oxygen atoms in total. The third-order valence-corrected chi connectivity index (χ3v) is 4.44. The summed E-state index contributed by atoms with van der Waals surface area (Å²) in [5, 5.41) is 6.94. The van der Waals surface area contributed by atoms with Crippen LogP contribution in [0.1, 0.15) is 23.2 Å². The average molecular weight is 398 g/mol. The van der Waals surface area contributed by atoms with Crippen LogP contribution in [0.2, 0.25) is 5.02 Å². The van der Waals surface area contributed by atoms with Crippen LogP contribution in [0.3, 0.4) is 0 Å². The number of hydrogen-bond acceptors (Lipinski definition) is 3. The molecule has 0 bridgehead atoms. The van der Waals surface area contributed by atoms with Crippen molar-refractivity contribution < 1.29 is 9.53 Å². The lowest BCUT2D eigenvalue weighted by Gasteiger charge is -2.29. The standard InChI is InChI=1S/C14H18BrClN2O2.ClH/c1-20-9-14(5-2-6-18-14)8-17-13(19)11-7-10(16)3-4-12(11)15;/h3-4,7,18H,2,5-6,8-9H2,1H3,(H,17,19);1H. The predicted molar refractivity (Wildman–Crippen MR) is 90.6 cm³/mol. The van der Waals surface area contributed by atoms with Gasteiger partial charge < -0.3 is 15.4 Å². The van der Waals surface area contributed by atoms with Crippen molar-refractivity contribution in [3.8, 4) is 0 Å². The molecule has 7 heteroatoms. The van der Waals surface area contributed by atoms with Crippen LogP contribution in [0.15, 0.2) is 22.7 Å². The largest absolute Gasteiger partial charge is 0.383 e. The highest BCUT2D eigenvalue weighted by Gasteiger charge is 2.33. The number of rotatable bonds is 5. The first kappa shape index (κ1) is 18.7. The number of amides is 1. The predicted octanol–water partition coefficient (Wildman–Crippen LogP) is 3.02. The summed E-state index contributed by atoms with van der Waals surface area (Å²) in [5.74, 6) is -0.136. The highest BCUT2D eigenvalue weighted by Crippen LogP contribution is 2.22. The second-order valence-electron chi connectivity index (χ2n) is 5.05. The van der Waals surface area contributed by atoms with Crippen LogP contribution in [0.4, 0.5) is 0 Å². The fourth-order valence-electron chi connectivity index (χ4n) is 2.49. The van der Waals surface area contributed by atoms with Gasteiger partial charge in [0, 0.05) is 23.1 Å². The Morgan fingerprint density at radius 3 is 2.95 bits per heavy atom. The molecule has 118 valence electrons. The molecule has 1 aliphatic heterocycles. The first-order valence-corrected chi connectivity index (χ1v) is 7.71. The van der Waals surface area contributed by atoms with Gasteiger partial charge in [-0.25, -0.2) is 0 Å². The van der Waals surface area contributed by atoms with E-state index in [0.29, 0.717) is 23.7 Å². The molecule has 2 rings (SSSR count). The van der Waals surface area contributed by atoms with E-state index < -0.39 is 0 Å². The van der Waals surface area contributed by atoms with E-state index in [0.717, 1.165) is 23.9 Å². The van der Waals surface area contributed by atoms with Crippen LogP contribution in [0.5, 0.6) is 0 Å². The second-order valence-corrected chi connectivity index (χ2v) is 6.34. The van der Waals surface area contributed by atoms with Gasteiger partial charge in [0.05, 0.1) is 17.7 Å². The molecule has 1 aromatic carbocycles. The van der Waals surface area contributed by atoms with Crippen LogP contribution in [0, 0.1) is 0 Å². The molecule has 0 aliphatic carbocycles. The molecule has 1 unspecified atom stereocenters. The topological polar surface area (TPSA) is 50.4 Å². The van der Waals surface area contributed by atoms with Gasteiger partial charge in [0.15, 0.2) is 0 Å². The van der Waals surface area contributed by atoms with Crippen LogP contribution < -0.4 is 10.6 Å². The SMILES string of the molecule is COCC1(CNC(=O)c2cc(Cl)ccc2Br)CCCN1.Cl. The minimum atomic E-state index is -0.157. The molecule has 0 saturated carbocycles. The van der Waals surface area contributed by atoms with Gasteiger partial charge in [0.2, 0.25) is 0 Å². The summed E-state index contributed by atoms with van der Waals surface area (Å²) in [4.78, 5) is 12.3. The Bertz CT molecular complexity index is 494. The van der Waals surface area contributed by atoms with Gasteiger partial charge >= 0.3 is 0 Å². The molecule has 21 heavy (non-hydrogen) atoms. The van der Waals surface area contributed by atoms with Crippen molar-refractivity contribution in [1.82, 2.24) is 10.6 Å². The highest BCUT2D eigenvalue weighted by molar-refractivity contribution is 9.10.